The third kappa shape index (κ3) is 13.6. The van der Waals surface area contributed by atoms with Gasteiger partial charge in [0.25, 0.3) is 0 Å². The van der Waals surface area contributed by atoms with Crippen molar-refractivity contribution in [2.24, 2.45) is 5.92 Å². The summed E-state index contributed by atoms with van der Waals surface area (Å²) in [5.74, 6) is 0.817. The number of hydrogen-bond donors (Lipinski definition) is 0. The van der Waals surface area contributed by atoms with Gasteiger partial charge in [0.2, 0.25) is 0 Å². The van der Waals surface area contributed by atoms with Crippen molar-refractivity contribution in [1.29, 1.82) is 0 Å². The van der Waals surface area contributed by atoms with E-state index >= 15 is 0 Å². The molecule has 0 N–H and O–H groups in total. The molecule has 0 fully saturated rings. The first-order valence-electron chi connectivity index (χ1n) is 16.7. The van der Waals surface area contributed by atoms with Crippen LogP contribution in [0.1, 0.15) is 195 Å². The highest BCUT2D eigenvalue weighted by molar-refractivity contribution is 5.50. The van der Waals surface area contributed by atoms with Crippen LogP contribution in [0.25, 0.3) is 0 Å². The zero-order valence-corrected chi connectivity index (χ0v) is 25.3. The van der Waals surface area contributed by atoms with Gasteiger partial charge in [-0.15, -0.1) is 0 Å². The van der Waals surface area contributed by atoms with E-state index in [-0.39, 0.29) is 0 Å². The van der Waals surface area contributed by atoms with Gasteiger partial charge in [-0.3, -0.25) is 0 Å². The van der Waals surface area contributed by atoms with Crippen molar-refractivity contribution < 1.29 is 0 Å². The van der Waals surface area contributed by atoms with E-state index in [2.05, 4.69) is 34.6 Å². The first-order valence-corrected chi connectivity index (χ1v) is 16.7. The molecule has 1 aliphatic rings. The third-order valence-electron chi connectivity index (χ3n) is 8.49. The Bertz CT molecular complexity index is 504. The fourth-order valence-electron chi connectivity index (χ4n) is 6.36. The van der Waals surface area contributed by atoms with Crippen molar-refractivity contribution in [2.75, 3.05) is 0 Å². The van der Waals surface area contributed by atoms with Crippen molar-refractivity contribution >= 4 is 0 Å². The molecular weight excluding hydrogens is 420 g/mol. The summed E-state index contributed by atoms with van der Waals surface area (Å²) < 4.78 is 0. The normalized spacial score (nSPS) is 14.7. The van der Waals surface area contributed by atoms with E-state index in [4.69, 9.17) is 0 Å². The number of allylic oxidation sites excluding steroid dienone is 4. The molecule has 0 saturated carbocycles. The van der Waals surface area contributed by atoms with Crippen LogP contribution in [-0.4, -0.2) is 0 Å². The van der Waals surface area contributed by atoms with Crippen LogP contribution in [0.5, 0.6) is 0 Å². The first-order chi connectivity index (χ1) is 17.2. The van der Waals surface area contributed by atoms with Crippen molar-refractivity contribution in [2.45, 2.75) is 195 Å². The van der Waals surface area contributed by atoms with E-state index in [0.717, 1.165) is 5.92 Å². The Morgan fingerprint density at radius 1 is 0.343 bits per heavy atom. The molecule has 0 amide bonds. The predicted molar refractivity (Wildman–Crippen MR) is 161 cm³/mol. The average molecular weight is 487 g/mol. The van der Waals surface area contributed by atoms with Gasteiger partial charge in [-0.25, -0.2) is 0 Å². The van der Waals surface area contributed by atoms with E-state index in [1.165, 1.54) is 161 Å². The van der Waals surface area contributed by atoms with Gasteiger partial charge in [-0.1, -0.05) is 148 Å². The highest BCUT2D eigenvalue weighted by Crippen LogP contribution is 2.48. The topological polar surface area (TPSA) is 0 Å². The molecule has 0 aromatic rings. The van der Waals surface area contributed by atoms with Crippen molar-refractivity contribution in [3.63, 3.8) is 0 Å². The zero-order chi connectivity index (χ0) is 25.6. The second-order valence-corrected chi connectivity index (χ2v) is 11.7. The van der Waals surface area contributed by atoms with E-state index < -0.39 is 0 Å². The molecule has 0 bridgehead atoms. The Morgan fingerprint density at radius 2 is 0.657 bits per heavy atom. The molecule has 206 valence electrons. The van der Waals surface area contributed by atoms with Gasteiger partial charge in [0.15, 0.2) is 0 Å². The average Bonchev–Trinajstić information content (AvgIpc) is 3.14. The lowest BCUT2D eigenvalue weighted by Gasteiger charge is -2.21. The lowest BCUT2D eigenvalue weighted by molar-refractivity contribution is 0.519. The van der Waals surface area contributed by atoms with E-state index in [1.807, 2.05) is 22.3 Å². The Hall–Kier alpha value is -0.520. The summed E-state index contributed by atoms with van der Waals surface area (Å²) in [5, 5.41) is 0. The quantitative estimate of drug-likeness (QED) is 0.112. The monoisotopic (exact) mass is 487 g/mol. The largest absolute Gasteiger partial charge is 0.0654 e. The molecule has 0 nitrogen and oxygen atoms in total. The molecule has 0 spiro atoms. The standard InChI is InChI=1S/C35H66/c1-6-11-16-21-26-31-32(27-22-17-12-7-2)34(29-24-19-14-9-4)35(30-25-20-15-10-5)33(31)28-23-18-13-8-3/h31H,6-30H2,1-5H3. The molecule has 0 heteroatoms. The first kappa shape index (κ1) is 32.5. The predicted octanol–water partition coefficient (Wildman–Crippen LogP) is 13.1. The maximum absolute atomic E-state index is 2.36. The summed E-state index contributed by atoms with van der Waals surface area (Å²) in [5.41, 5.74) is 7.70. The lowest BCUT2D eigenvalue weighted by Crippen LogP contribution is -2.07. The molecule has 0 aromatic heterocycles. The Morgan fingerprint density at radius 3 is 1.00 bits per heavy atom. The van der Waals surface area contributed by atoms with Gasteiger partial charge in [0.05, 0.1) is 0 Å². The number of unbranched alkanes of at least 4 members (excludes halogenated alkanes) is 15. The molecule has 35 heavy (non-hydrogen) atoms. The fraction of sp³-hybridized carbons (Fsp3) is 0.886. The van der Waals surface area contributed by atoms with Gasteiger partial charge in [0.1, 0.15) is 0 Å². The summed E-state index contributed by atoms with van der Waals surface area (Å²) >= 11 is 0. The van der Waals surface area contributed by atoms with Crippen LogP contribution in [0.15, 0.2) is 22.3 Å². The van der Waals surface area contributed by atoms with Crippen molar-refractivity contribution in [3.05, 3.63) is 22.3 Å². The van der Waals surface area contributed by atoms with Gasteiger partial charge in [-0.05, 0) is 68.9 Å². The molecular formula is C35H66. The van der Waals surface area contributed by atoms with Crippen molar-refractivity contribution in [3.8, 4) is 0 Å². The van der Waals surface area contributed by atoms with Gasteiger partial charge >= 0.3 is 0 Å². The van der Waals surface area contributed by atoms with E-state index in [0.29, 0.717) is 0 Å². The second-order valence-electron chi connectivity index (χ2n) is 11.7. The fourth-order valence-corrected chi connectivity index (χ4v) is 6.36. The summed E-state index contributed by atoms with van der Waals surface area (Å²) in [4.78, 5) is 0. The van der Waals surface area contributed by atoms with Crippen LogP contribution >= 0.6 is 0 Å². The third-order valence-corrected chi connectivity index (χ3v) is 8.49. The molecule has 0 heterocycles. The summed E-state index contributed by atoms with van der Waals surface area (Å²) in [6, 6.07) is 0. The lowest BCUT2D eigenvalue weighted by atomic mass is 9.84. The minimum atomic E-state index is 0.817. The maximum Gasteiger partial charge on any atom is 0.00188 e. The molecule has 0 saturated heterocycles. The molecule has 0 atom stereocenters. The molecule has 1 rings (SSSR count). The SMILES string of the molecule is CCCCCCC1=C(CCCCCC)C(CCCCCC)C(CCCCCC)=C1CCCCCC. The van der Waals surface area contributed by atoms with Gasteiger partial charge < -0.3 is 0 Å². The zero-order valence-electron chi connectivity index (χ0n) is 25.3. The van der Waals surface area contributed by atoms with Crippen LogP contribution in [0.3, 0.4) is 0 Å². The summed E-state index contributed by atoms with van der Waals surface area (Å²) in [6.07, 6.45) is 35.2. The van der Waals surface area contributed by atoms with Crippen molar-refractivity contribution in [1.82, 2.24) is 0 Å². The van der Waals surface area contributed by atoms with Crippen LogP contribution in [-0.2, 0) is 0 Å². The van der Waals surface area contributed by atoms with E-state index in [9.17, 15) is 0 Å². The summed E-state index contributed by atoms with van der Waals surface area (Å²) in [6.45, 7) is 11.8. The number of hydrogen-bond acceptors (Lipinski definition) is 0. The molecule has 0 aromatic carbocycles. The highest BCUT2D eigenvalue weighted by atomic mass is 14.4. The minimum absolute atomic E-state index is 0.817. The van der Waals surface area contributed by atoms with Crippen LogP contribution in [0.4, 0.5) is 0 Å². The second kappa shape index (κ2) is 22.7. The van der Waals surface area contributed by atoms with Gasteiger partial charge in [0, 0.05) is 5.92 Å². The van der Waals surface area contributed by atoms with Crippen LogP contribution in [0, 0.1) is 5.92 Å². The molecule has 0 unspecified atom stereocenters. The number of rotatable bonds is 25. The Balaban J connectivity index is 3.18. The molecule has 1 aliphatic carbocycles. The molecule has 0 radical (unpaired) electrons. The van der Waals surface area contributed by atoms with Crippen LogP contribution < -0.4 is 0 Å². The van der Waals surface area contributed by atoms with E-state index in [1.54, 1.807) is 0 Å². The van der Waals surface area contributed by atoms with Crippen LogP contribution in [0.2, 0.25) is 0 Å². The highest BCUT2D eigenvalue weighted by Gasteiger charge is 2.31. The maximum atomic E-state index is 2.36. The molecule has 0 aliphatic heterocycles. The Kier molecular flexibility index (Phi) is 21.0. The smallest absolute Gasteiger partial charge is 0.00188 e. The van der Waals surface area contributed by atoms with Gasteiger partial charge in [-0.2, -0.15) is 0 Å². The Labute approximate surface area is 223 Å². The minimum Gasteiger partial charge on any atom is -0.0654 e. The summed E-state index contributed by atoms with van der Waals surface area (Å²) in [7, 11) is 0.